The Bertz CT molecular complexity index is 514. The lowest BCUT2D eigenvalue weighted by Gasteiger charge is -2.20. The SMILES string of the molecule is CC.CC(C)Oc1cccc(CN(N)/C(N)=C(\N)C(N)=O)c1. The maximum absolute atomic E-state index is 10.9. The van der Waals surface area contributed by atoms with Crippen LogP contribution in [0.5, 0.6) is 5.75 Å². The molecule has 8 N–H and O–H groups in total. The van der Waals surface area contributed by atoms with E-state index in [9.17, 15) is 4.79 Å². The topological polar surface area (TPSA) is 134 Å². The number of benzene rings is 1. The molecule has 1 aromatic carbocycles. The van der Waals surface area contributed by atoms with E-state index in [1.807, 2.05) is 52.0 Å². The fourth-order valence-electron chi connectivity index (χ4n) is 1.55. The van der Waals surface area contributed by atoms with Gasteiger partial charge in [-0.2, -0.15) is 0 Å². The summed E-state index contributed by atoms with van der Waals surface area (Å²) in [5.41, 5.74) is 16.7. The first-order chi connectivity index (χ1) is 10.3. The summed E-state index contributed by atoms with van der Waals surface area (Å²) in [6, 6.07) is 7.40. The van der Waals surface area contributed by atoms with Crippen molar-refractivity contribution < 1.29 is 9.53 Å². The zero-order chi connectivity index (χ0) is 17.3. The minimum absolute atomic E-state index is 0.0623. The molecule has 0 aromatic heterocycles. The summed E-state index contributed by atoms with van der Waals surface area (Å²) in [4.78, 5) is 10.9. The second-order valence-corrected chi connectivity index (χ2v) is 4.61. The summed E-state index contributed by atoms with van der Waals surface area (Å²) in [5, 5.41) is 1.16. The van der Waals surface area contributed by atoms with Gasteiger partial charge in [-0.25, -0.2) is 5.84 Å². The summed E-state index contributed by atoms with van der Waals surface area (Å²) < 4.78 is 5.58. The molecule has 7 heteroatoms. The molecule has 0 heterocycles. The Kier molecular flexibility index (Phi) is 8.47. The third-order valence-corrected chi connectivity index (χ3v) is 2.47. The number of hydrogen-bond acceptors (Lipinski definition) is 6. The molecular formula is C15H27N5O2. The van der Waals surface area contributed by atoms with E-state index < -0.39 is 5.91 Å². The van der Waals surface area contributed by atoms with Crippen LogP contribution in [-0.4, -0.2) is 17.0 Å². The Hall–Kier alpha value is -2.41. The highest BCUT2D eigenvalue weighted by Crippen LogP contribution is 2.16. The summed E-state index contributed by atoms with van der Waals surface area (Å²) in [6.45, 7) is 8.15. The molecule has 22 heavy (non-hydrogen) atoms. The fraction of sp³-hybridized carbons (Fsp3) is 0.400. The number of amides is 1. The first-order valence-corrected chi connectivity index (χ1v) is 7.14. The first-order valence-electron chi connectivity index (χ1n) is 7.14. The minimum Gasteiger partial charge on any atom is -0.491 e. The molecule has 0 aliphatic carbocycles. The number of rotatable bonds is 6. The molecule has 1 rings (SSSR count). The van der Waals surface area contributed by atoms with E-state index in [-0.39, 0.29) is 24.2 Å². The molecule has 0 unspecified atom stereocenters. The zero-order valence-electron chi connectivity index (χ0n) is 13.7. The van der Waals surface area contributed by atoms with Gasteiger partial charge in [0.2, 0.25) is 0 Å². The van der Waals surface area contributed by atoms with Gasteiger partial charge in [0.1, 0.15) is 17.3 Å². The number of ether oxygens (including phenoxy) is 1. The summed E-state index contributed by atoms with van der Waals surface area (Å²) >= 11 is 0. The molecule has 0 saturated heterocycles. The Morgan fingerprint density at radius 2 is 1.82 bits per heavy atom. The van der Waals surface area contributed by atoms with Crippen LogP contribution in [0.3, 0.4) is 0 Å². The molecule has 0 bridgehead atoms. The molecule has 0 aliphatic heterocycles. The molecule has 0 spiro atoms. The Morgan fingerprint density at radius 3 is 2.32 bits per heavy atom. The lowest BCUT2D eigenvalue weighted by molar-refractivity contribution is -0.114. The van der Waals surface area contributed by atoms with Crippen molar-refractivity contribution in [2.24, 2.45) is 23.0 Å². The van der Waals surface area contributed by atoms with Gasteiger partial charge in [-0.15, -0.1) is 0 Å². The molecule has 1 aromatic rings. The van der Waals surface area contributed by atoms with E-state index in [0.717, 1.165) is 16.3 Å². The Balaban J connectivity index is 0.00000211. The lowest BCUT2D eigenvalue weighted by Crippen LogP contribution is -2.38. The monoisotopic (exact) mass is 309 g/mol. The van der Waals surface area contributed by atoms with E-state index in [0.29, 0.717) is 0 Å². The number of hydrogen-bond donors (Lipinski definition) is 4. The van der Waals surface area contributed by atoms with Gasteiger partial charge in [0, 0.05) is 0 Å². The first kappa shape index (κ1) is 19.6. The number of hydrazine groups is 1. The van der Waals surface area contributed by atoms with E-state index in [1.54, 1.807) is 0 Å². The molecular weight excluding hydrogens is 282 g/mol. The maximum atomic E-state index is 10.9. The van der Waals surface area contributed by atoms with Crippen LogP contribution in [0.1, 0.15) is 33.3 Å². The second kappa shape index (κ2) is 9.51. The molecule has 0 radical (unpaired) electrons. The Labute approximate surface area is 131 Å². The maximum Gasteiger partial charge on any atom is 0.268 e. The summed E-state index contributed by atoms with van der Waals surface area (Å²) in [6.07, 6.45) is 0.0784. The number of nitrogens with zero attached hydrogens (tertiary/aromatic N) is 1. The highest BCUT2D eigenvalue weighted by molar-refractivity contribution is 5.91. The van der Waals surface area contributed by atoms with Crippen molar-refractivity contribution in [1.29, 1.82) is 0 Å². The quantitative estimate of drug-likeness (QED) is 0.348. The number of carbonyl (C=O) groups is 1. The molecule has 0 saturated carbocycles. The molecule has 124 valence electrons. The van der Waals surface area contributed by atoms with Crippen molar-refractivity contribution in [3.63, 3.8) is 0 Å². The zero-order valence-corrected chi connectivity index (χ0v) is 13.7. The predicted octanol–water partition coefficient (Wildman–Crippen LogP) is 0.748. The highest BCUT2D eigenvalue weighted by atomic mass is 16.5. The van der Waals surface area contributed by atoms with Crippen LogP contribution < -0.4 is 27.8 Å². The van der Waals surface area contributed by atoms with Gasteiger partial charge in [0.15, 0.2) is 0 Å². The summed E-state index contributed by atoms with van der Waals surface area (Å²) in [7, 11) is 0. The van der Waals surface area contributed by atoms with Crippen LogP contribution in [0.15, 0.2) is 35.8 Å². The largest absolute Gasteiger partial charge is 0.491 e. The minimum atomic E-state index is -0.810. The average molecular weight is 309 g/mol. The molecule has 7 nitrogen and oxygen atoms in total. The van der Waals surface area contributed by atoms with Gasteiger partial charge in [-0.05, 0) is 31.5 Å². The van der Waals surface area contributed by atoms with E-state index in [2.05, 4.69) is 0 Å². The lowest BCUT2D eigenvalue weighted by atomic mass is 10.2. The fourth-order valence-corrected chi connectivity index (χ4v) is 1.55. The van der Waals surface area contributed by atoms with Crippen molar-refractivity contribution in [2.75, 3.05) is 0 Å². The van der Waals surface area contributed by atoms with Crippen LogP contribution in [-0.2, 0) is 11.3 Å². The van der Waals surface area contributed by atoms with E-state index in [1.165, 1.54) is 0 Å². The number of primary amides is 1. The molecule has 1 amide bonds. The molecule has 0 atom stereocenters. The van der Waals surface area contributed by atoms with Crippen LogP contribution in [0.2, 0.25) is 0 Å². The predicted molar refractivity (Wildman–Crippen MR) is 87.9 cm³/mol. The molecule has 0 aliphatic rings. The second-order valence-electron chi connectivity index (χ2n) is 4.61. The van der Waals surface area contributed by atoms with Crippen molar-refractivity contribution >= 4 is 5.91 Å². The van der Waals surface area contributed by atoms with Gasteiger partial charge in [0.25, 0.3) is 5.91 Å². The van der Waals surface area contributed by atoms with Gasteiger partial charge in [0.05, 0.1) is 12.6 Å². The van der Waals surface area contributed by atoms with Crippen molar-refractivity contribution in [3.05, 3.63) is 41.3 Å². The van der Waals surface area contributed by atoms with Gasteiger partial charge >= 0.3 is 0 Å². The van der Waals surface area contributed by atoms with Gasteiger partial charge in [-0.1, -0.05) is 26.0 Å². The summed E-state index contributed by atoms with van der Waals surface area (Å²) in [5.74, 6) is 5.62. The van der Waals surface area contributed by atoms with Crippen LogP contribution in [0.4, 0.5) is 0 Å². The third kappa shape index (κ3) is 6.36. The van der Waals surface area contributed by atoms with E-state index >= 15 is 0 Å². The van der Waals surface area contributed by atoms with Crippen LogP contribution in [0, 0.1) is 0 Å². The van der Waals surface area contributed by atoms with Crippen molar-refractivity contribution in [2.45, 2.75) is 40.3 Å². The highest BCUT2D eigenvalue weighted by Gasteiger charge is 2.11. The van der Waals surface area contributed by atoms with Gasteiger partial charge < -0.3 is 21.9 Å². The van der Waals surface area contributed by atoms with Crippen molar-refractivity contribution in [1.82, 2.24) is 5.01 Å². The van der Waals surface area contributed by atoms with E-state index in [4.69, 9.17) is 27.8 Å². The normalized spacial score (nSPS) is 11.2. The number of carbonyl (C=O) groups excluding carboxylic acids is 1. The van der Waals surface area contributed by atoms with Crippen LogP contribution >= 0.6 is 0 Å². The van der Waals surface area contributed by atoms with Gasteiger partial charge in [-0.3, -0.25) is 9.80 Å². The standard InChI is InChI=1S/C13H21N5O2.C2H6/c1-8(2)20-10-5-3-4-9(6-10)7-18(17)12(15)11(14)13(16)19;1-2/h3-6,8H,7,14-15,17H2,1-2H3,(H2,16,19);1-2H3/b12-11-;. The van der Waals surface area contributed by atoms with Crippen molar-refractivity contribution in [3.8, 4) is 5.75 Å². The third-order valence-electron chi connectivity index (χ3n) is 2.47. The van der Waals surface area contributed by atoms with Crippen LogP contribution in [0.25, 0.3) is 0 Å². The molecule has 0 fully saturated rings. The smallest absolute Gasteiger partial charge is 0.268 e. The number of nitrogens with two attached hydrogens (primary N) is 4. The Morgan fingerprint density at radius 1 is 1.23 bits per heavy atom. The average Bonchev–Trinajstić information content (AvgIpc) is 2.47.